The zero-order valence-electron chi connectivity index (χ0n) is 13.6. The summed E-state index contributed by atoms with van der Waals surface area (Å²) >= 11 is 1.20. The number of nitrogen functional groups attached to an aromatic ring is 1. The van der Waals surface area contributed by atoms with Crippen molar-refractivity contribution < 1.29 is 4.79 Å². The third-order valence-corrected chi connectivity index (χ3v) is 5.20. The maximum absolute atomic E-state index is 12.7. The zero-order chi connectivity index (χ0) is 16.4. The highest BCUT2D eigenvalue weighted by Crippen LogP contribution is 2.31. The van der Waals surface area contributed by atoms with Gasteiger partial charge in [0, 0.05) is 31.7 Å². The maximum Gasteiger partial charge on any atom is 0.267 e. The fourth-order valence-electron chi connectivity index (χ4n) is 2.78. The van der Waals surface area contributed by atoms with Gasteiger partial charge in [0.15, 0.2) is 0 Å². The summed E-state index contributed by atoms with van der Waals surface area (Å²) in [5, 5.41) is 0. The third kappa shape index (κ3) is 3.23. The number of aryl methyl sites for hydroxylation is 1. The van der Waals surface area contributed by atoms with Crippen LogP contribution >= 0.6 is 11.5 Å². The van der Waals surface area contributed by atoms with Crippen LogP contribution in [0.25, 0.3) is 11.3 Å². The van der Waals surface area contributed by atoms with Crippen molar-refractivity contribution in [3.05, 3.63) is 34.7 Å². The number of nitrogens with two attached hydrogens (primary N) is 1. The molecule has 1 aromatic carbocycles. The van der Waals surface area contributed by atoms with Crippen molar-refractivity contribution in [3.63, 3.8) is 0 Å². The molecule has 0 spiro atoms. The lowest BCUT2D eigenvalue weighted by molar-refractivity contribution is 0.0649. The largest absolute Gasteiger partial charge is 0.396 e. The van der Waals surface area contributed by atoms with Crippen LogP contribution in [-0.2, 0) is 0 Å². The molecule has 0 unspecified atom stereocenters. The van der Waals surface area contributed by atoms with Gasteiger partial charge in [0.2, 0.25) is 0 Å². The summed E-state index contributed by atoms with van der Waals surface area (Å²) in [5.74, 6) is 0.00844. The molecule has 1 aromatic heterocycles. The lowest BCUT2D eigenvalue weighted by Crippen LogP contribution is -2.48. The van der Waals surface area contributed by atoms with Gasteiger partial charge in [0.05, 0.1) is 5.69 Å². The van der Waals surface area contributed by atoms with Gasteiger partial charge >= 0.3 is 0 Å². The highest BCUT2D eigenvalue weighted by molar-refractivity contribution is 7.09. The number of carbonyl (C=O) groups excluding carboxylic acids is 1. The molecule has 0 aliphatic carbocycles. The molecule has 2 N–H and O–H groups in total. The Labute approximate surface area is 140 Å². The summed E-state index contributed by atoms with van der Waals surface area (Å²) in [5.41, 5.74) is 9.58. The van der Waals surface area contributed by atoms with E-state index in [-0.39, 0.29) is 5.91 Å². The number of carbonyl (C=O) groups is 1. The smallest absolute Gasteiger partial charge is 0.267 e. The molecule has 2 aromatic rings. The van der Waals surface area contributed by atoms with Crippen LogP contribution in [0.1, 0.15) is 22.2 Å². The Hall–Kier alpha value is -1.92. The predicted molar refractivity (Wildman–Crippen MR) is 94.7 cm³/mol. The first-order valence-electron chi connectivity index (χ1n) is 7.94. The van der Waals surface area contributed by atoms with E-state index >= 15 is 0 Å². The van der Waals surface area contributed by atoms with E-state index in [2.05, 4.69) is 16.2 Å². The number of piperazine rings is 1. The number of anilines is 1. The van der Waals surface area contributed by atoms with Gasteiger partial charge in [-0.05, 0) is 25.0 Å². The van der Waals surface area contributed by atoms with Gasteiger partial charge in [-0.15, -0.1) is 0 Å². The first-order valence-corrected chi connectivity index (χ1v) is 8.71. The highest BCUT2D eigenvalue weighted by atomic mass is 32.1. The quantitative estimate of drug-likeness (QED) is 0.939. The summed E-state index contributed by atoms with van der Waals surface area (Å²) in [6.45, 7) is 8.57. The molecule has 1 saturated heterocycles. The summed E-state index contributed by atoms with van der Waals surface area (Å²) in [7, 11) is 0. The molecule has 2 heterocycles. The Morgan fingerprint density at radius 2 is 1.87 bits per heavy atom. The Balaban J connectivity index is 1.79. The van der Waals surface area contributed by atoms with Gasteiger partial charge in [0.1, 0.15) is 10.6 Å². The van der Waals surface area contributed by atoms with Crippen molar-refractivity contribution in [3.8, 4) is 11.3 Å². The van der Waals surface area contributed by atoms with Crippen molar-refractivity contribution >= 4 is 23.1 Å². The summed E-state index contributed by atoms with van der Waals surface area (Å²) in [6.07, 6.45) is 0. The monoisotopic (exact) mass is 330 g/mol. The molecule has 0 radical (unpaired) electrons. The molecular weight excluding hydrogens is 308 g/mol. The summed E-state index contributed by atoms with van der Waals surface area (Å²) < 4.78 is 4.42. The highest BCUT2D eigenvalue weighted by Gasteiger charge is 2.26. The van der Waals surface area contributed by atoms with Crippen LogP contribution < -0.4 is 5.73 Å². The summed E-state index contributed by atoms with van der Waals surface area (Å²) in [6, 6.07) is 8.04. The SMILES string of the molecule is CCN1CCN(C(=O)c2snc(-c3ccc(C)cc3)c2N)CC1. The molecule has 1 aliphatic heterocycles. The molecule has 5 nitrogen and oxygen atoms in total. The van der Waals surface area contributed by atoms with Gasteiger partial charge in [-0.1, -0.05) is 36.8 Å². The Kier molecular flexibility index (Phi) is 4.63. The van der Waals surface area contributed by atoms with E-state index in [0.717, 1.165) is 38.3 Å². The normalized spacial score (nSPS) is 15.8. The second-order valence-corrected chi connectivity index (χ2v) is 6.64. The van der Waals surface area contributed by atoms with E-state index in [1.165, 1.54) is 17.1 Å². The second-order valence-electron chi connectivity index (χ2n) is 5.87. The lowest BCUT2D eigenvalue weighted by Gasteiger charge is -2.33. The second kappa shape index (κ2) is 6.68. The Morgan fingerprint density at radius 1 is 1.22 bits per heavy atom. The molecule has 1 aliphatic rings. The van der Waals surface area contributed by atoms with Crippen LogP contribution in [-0.4, -0.2) is 52.8 Å². The van der Waals surface area contributed by atoms with E-state index in [1.807, 2.05) is 36.1 Å². The average Bonchev–Trinajstić information content (AvgIpc) is 2.96. The van der Waals surface area contributed by atoms with Crippen LogP contribution in [0.5, 0.6) is 0 Å². The Bertz CT molecular complexity index is 687. The number of hydrogen-bond donors (Lipinski definition) is 1. The van der Waals surface area contributed by atoms with Crippen molar-refractivity contribution in [2.45, 2.75) is 13.8 Å². The maximum atomic E-state index is 12.7. The molecule has 0 bridgehead atoms. The van der Waals surface area contributed by atoms with Crippen molar-refractivity contribution in [2.24, 2.45) is 0 Å². The molecular formula is C17H22N4OS. The van der Waals surface area contributed by atoms with Gasteiger partial charge in [-0.3, -0.25) is 4.79 Å². The van der Waals surface area contributed by atoms with Gasteiger partial charge in [0.25, 0.3) is 5.91 Å². The van der Waals surface area contributed by atoms with E-state index in [1.54, 1.807) is 0 Å². The fraction of sp³-hybridized carbons (Fsp3) is 0.412. The molecule has 122 valence electrons. The number of nitrogens with zero attached hydrogens (tertiary/aromatic N) is 3. The number of aromatic nitrogens is 1. The number of rotatable bonds is 3. The standard InChI is InChI=1S/C17H22N4OS/c1-3-20-8-10-21(11-9-20)17(22)16-14(18)15(19-23-16)13-6-4-12(2)5-7-13/h4-7H,3,8-11,18H2,1-2H3. The third-order valence-electron chi connectivity index (χ3n) is 4.35. The van der Waals surface area contributed by atoms with Gasteiger partial charge in [-0.2, -0.15) is 4.37 Å². The molecule has 1 amide bonds. The van der Waals surface area contributed by atoms with Crippen molar-refractivity contribution in [1.82, 2.24) is 14.2 Å². The van der Waals surface area contributed by atoms with Gasteiger partial charge in [-0.25, -0.2) is 0 Å². The van der Waals surface area contributed by atoms with Gasteiger partial charge < -0.3 is 15.5 Å². The van der Waals surface area contributed by atoms with Crippen LogP contribution in [0.3, 0.4) is 0 Å². The van der Waals surface area contributed by atoms with Crippen LogP contribution in [0, 0.1) is 6.92 Å². The van der Waals surface area contributed by atoms with Crippen molar-refractivity contribution in [1.29, 1.82) is 0 Å². The number of benzene rings is 1. The first-order chi connectivity index (χ1) is 11.1. The number of likely N-dealkylation sites (N-methyl/N-ethyl adjacent to an activating group) is 1. The van der Waals surface area contributed by atoms with E-state index in [4.69, 9.17) is 5.73 Å². The average molecular weight is 330 g/mol. The lowest BCUT2D eigenvalue weighted by atomic mass is 10.1. The minimum atomic E-state index is 0.00844. The number of amides is 1. The van der Waals surface area contributed by atoms with Crippen molar-refractivity contribution in [2.75, 3.05) is 38.5 Å². The predicted octanol–water partition coefficient (Wildman–Crippen LogP) is 2.48. The fourth-order valence-corrected chi connectivity index (χ4v) is 3.57. The molecule has 3 rings (SSSR count). The Morgan fingerprint density at radius 3 is 2.48 bits per heavy atom. The van der Waals surface area contributed by atoms with Crippen LogP contribution in [0.4, 0.5) is 5.69 Å². The van der Waals surface area contributed by atoms with Crippen LogP contribution in [0.15, 0.2) is 24.3 Å². The van der Waals surface area contributed by atoms with E-state index in [0.29, 0.717) is 16.3 Å². The molecule has 6 heteroatoms. The molecule has 1 fully saturated rings. The summed E-state index contributed by atoms with van der Waals surface area (Å²) in [4.78, 5) is 17.5. The molecule has 0 saturated carbocycles. The molecule has 23 heavy (non-hydrogen) atoms. The minimum absolute atomic E-state index is 0.00844. The molecule has 0 atom stereocenters. The minimum Gasteiger partial charge on any atom is -0.396 e. The van der Waals surface area contributed by atoms with E-state index < -0.39 is 0 Å². The number of hydrogen-bond acceptors (Lipinski definition) is 5. The van der Waals surface area contributed by atoms with E-state index in [9.17, 15) is 4.79 Å². The zero-order valence-corrected chi connectivity index (χ0v) is 14.4. The topological polar surface area (TPSA) is 62.5 Å². The first kappa shape index (κ1) is 16.0. The van der Waals surface area contributed by atoms with Crippen LogP contribution in [0.2, 0.25) is 0 Å².